The Kier molecular flexibility index (Phi) is 3.33. The highest BCUT2D eigenvalue weighted by molar-refractivity contribution is 4.94. The minimum absolute atomic E-state index is 0.140. The van der Waals surface area contributed by atoms with E-state index in [0.717, 1.165) is 12.6 Å². The van der Waals surface area contributed by atoms with Gasteiger partial charge in [0.25, 0.3) is 0 Å². The van der Waals surface area contributed by atoms with E-state index >= 15 is 0 Å². The van der Waals surface area contributed by atoms with Gasteiger partial charge in [0.2, 0.25) is 0 Å². The van der Waals surface area contributed by atoms with Gasteiger partial charge in [-0.25, -0.2) is 0 Å². The Morgan fingerprint density at radius 3 is 2.53 bits per heavy atom. The summed E-state index contributed by atoms with van der Waals surface area (Å²) in [4.78, 5) is 4.91. The van der Waals surface area contributed by atoms with Crippen LogP contribution in [0.4, 0.5) is 0 Å². The number of nitrogens with zero attached hydrogens (tertiary/aromatic N) is 2. The van der Waals surface area contributed by atoms with Crippen LogP contribution in [0.5, 0.6) is 0 Å². The van der Waals surface area contributed by atoms with Crippen molar-refractivity contribution in [3.05, 3.63) is 0 Å². The molecule has 2 fully saturated rings. The van der Waals surface area contributed by atoms with Crippen molar-refractivity contribution in [2.45, 2.75) is 43.7 Å². The maximum atomic E-state index is 6.41. The first kappa shape index (κ1) is 11.4. The molecule has 1 atom stereocenters. The van der Waals surface area contributed by atoms with Crippen molar-refractivity contribution in [3.8, 4) is 0 Å². The first-order valence-corrected chi connectivity index (χ1v) is 6.27. The van der Waals surface area contributed by atoms with E-state index in [1.54, 1.807) is 0 Å². The SMILES string of the molecule is CN(C)C1CCN(CC2(N)CCCC2)C1. The monoisotopic (exact) mass is 211 g/mol. The number of likely N-dealkylation sites (tertiary alicyclic amines) is 1. The van der Waals surface area contributed by atoms with Crippen LogP contribution in [-0.4, -0.2) is 55.1 Å². The van der Waals surface area contributed by atoms with E-state index in [1.807, 2.05) is 0 Å². The average molecular weight is 211 g/mol. The molecule has 3 nitrogen and oxygen atoms in total. The second-order valence-electron chi connectivity index (χ2n) is 5.71. The van der Waals surface area contributed by atoms with E-state index in [1.165, 1.54) is 45.2 Å². The summed E-state index contributed by atoms with van der Waals surface area (Å²) in [6, 6.07) is 0.745. The van der Waals surface area contributed by atoms with Crippen LogP contribution < -0.4 is 5.73 Å². The van der Waals surface area contributed by atoms with Crippen molar-refractivity contribution in [2.24, 2.45) is 5.73 Å². The fourth-order valence-electron chi connectivity index (χ4n) is 3.06. The van der Waals surface area contributed by atoms with Crippen LogP contribution in [0.2, 0.25) is 0 Å². The molecule has 1 saturated heterocycles. The lowest BCUT2D eigenvalue weighted by Crippen LogP contribution is -2.48. The molecule has 15 heavy (non-hydrogen) atoms. The predicted molar refractivity (Wildman–Crippen MR) is 63.9 cm³/mol. The highest BCUT2D eigenvalue weighted by atomic mass is 15.2. The van der Waals surface area contributed by atoms with Crippen LogP contribution in [0, 0.1) is 0 Å². The summed E-state index contributed by atoms with van der Waals surface area (Å²) in [5.41, 5.74) is 6.55. The van der Waals surface area contributed by atoms with E-state index in [0.29, 0.717) is 0 Å². The Morgan fingerprint density at radius 2 is 2.00 bits per heavy atom. The molecule has 1 aliphatic carbocycles. The molecular weight excluding hydrogens is 186 g/mol. The average Bonchev–Trinajstić information content (AvgIpc) is 2.75. The highest BCUT2D eigenvalue weighted by Crippen LogP contribution is 2.29. The molecule has 0 spiro atoms. The summed E-state index contributed by atoms with van der Waals surface area (Å²) in [6.07, 6.45) is 6.44. The molecule has 2 N–H and O–H groups in total. The van der Waals surface area contributed by atoms with E-state index in [-0.39, 0.29) is 5.54 Å². The van der Waals surface area contributed by atoms with Gasteiger partial charge in [0.1, 0.15) is 0 Å². The minimum Gasteiger partial charge on any atom is -0.324 e. The fraction of sp³-hybridized carbons (Fsp3) is 1.00. The first-order chi connectivity index (χ1) is 7.09. The van der Waals surface area contributed by atoms with Gasteiger partial charge in [-0.15, -0.1) is 0 Å². The van der Waals surface area contributed by atoms with Gasteiger partial charge in [-0.1, -0.05) is 12.8 Å². The lowest BCUT2D eigenvalue weighted by atomic mass is 9.99. The zero-order valence-electron chi connectivity index (χ0n) is 10.2. The summed E-state index contributed by atoms with van der Waals surface area (Å²) < 4.78 is 0. The number of rotatable bonds is 3. The van der Waals surface area contributed by atoms with Crippen molar-refractivity contribution >= 4 is 0 Å². The summed E-state index contributed by atoms with van der Waals surface area (Å²) >= 11 is 0. The van der Waals surface area contributed by atoms with Crippen LogP contribution in [-0.2, 0) is 0 Å². The van der Waals surface area contributed by atoms with Gasteiger partial charge in [-0.2, -0.15) is 0 Å². The molecule has 1 aliphatic heterocycles. The maximum absolute atomic E-state index is 6.41. The zero-order valence-corrected chi connectivity index (χ0v) is 10.2. The summed E-state index contributed by atoms with van der Waals surface area (Å²) in [5.74, 6) is 0. The van der Waals surface area contributed by atoms with Crippen molar-refractivity contribution in [3.63, 3.8) is 0 Å². The van der Waals surface area contributed by atoms with Gasteiger partial charge < -0.3 is 10.6 Å². The predicted octanol–water partition coefficient (Wildman–Crippen LogP) is 0.894. The lowest BCUT2D eigenvalue weighted by Gasteiger charge is -2.30. The molecule has 0 amide bonds. The number of likely N-dealkylation sites (N-methyl/N-ethyl adjacent to an activating group) is 1. The van der Waals surface area contributed by atoms with Gasteiger partial charge in [-0.3, -0.25) is 4.90 Å². The van der Waals surface area contributed by atoms with E-state index in [9.17, 15) is 0 Å². The molecule has 0 aromatic rings. The number of hydrogen-bond donors (Lipinski definition) is 1. The Balaban J connectivity index is 1.81. The van der Waals surface area contributed by atoms with Crippen LogP contribution in [0.15, 0.2) is 0 Å². The smallest absolute Gasteiger partial charge is 0.0283 e. The Labute approximate surface area is 93.6 Å². The Morgan fingerprint density at radius 1 is 1.33 bits per heavy atom. The molecule has 0 radical (unpaired) electrons. The molecule has 2 rings (SSSR count). The maximum Gasteiger partial charge on any atom is 0.0283 e. The summed E-state index contributed by atoms with van der Waals surface area (Å²) in [7, 11) is 4.36. The van der Waals surface area contributed by atoms with Crippen LogP contribution >= 0.6 is 0 Å². The Bertz CT molecular complexity index is 209. The van der Waals surface area contributed by atoms with Gasteiger partial charge >= 0.3 is 0 Å². The van der Waals surface area contributed by atoms with Crippen molar-refractivity contribution in [2.75, 3.05) is 33.7 Å². The topological polar surface area (TPSA) is 32.5 Å². The number of nitrogens with two attached hydrogens (primary N) is 1. The second kappa shape index (κ2) is 4.40. The van der Waals surface area contributed by atoms with Crippen LogP contribution in [0.25, 0.3) is 0 Å². The van der Waals surface area contributed by atoms with E-state index in [4.69, 9.17) is 5.73 Å². The molecule has 1 heterocycles. The molecule has 3 heteroatoms. The van der Waals surface area contributed by atoms with E-state index in [2.05, 4.69) is 23.9 Å². The van der Waals surface area contributed by atoms with Crippen LogP contribution in [0.3, 0.4) is 0 Å². The molecule has 0 bridgehead atoms. The largest absolute Gasteiger partial charge is 0.324 e. The molecular formula is C12H25N3. The number of hydrogen-bond acceptors (Lipinski definition) is 3. The normalized spacial score (nSPS) is 31.6. The third kappa shape index (κ3) is 2.71. The van der Waals surface area contributed by atoms with Gasteiger partial charge in [0.05, 0.1) is 0 Å². The van der Waals surface area contributed by atoms with Gasteiger partial charge in [0.15, 0.2) is 0 Å². The third-order valence-electron chi connectivity index (χ3n) is 4.12. The third-order valence-corrected chi connectivity index (χ3v) is 4.12. The van der Waals surface area contributed by atoms with Gasteiger partial charge in [0, 0.05) is 24.7 Å². The van der Waals surface area contributed by atoms with Crippen molar-refractivity contribution in [1.82, 2.24) is 9.80 Å². The zero-order chi connectivity index (χ0) is 10.9. The standard InChI is InChI=1S/C12H25N3/c1-14(2)11-5-8-15(9-11)10-12(13)6-3-4-7-12/h11H,3-10,13H2,1-2H3. The molecule has 0 aromatic heterocycles. The highest BCUT2D eigenvalue weighted by Gasteiger charge is 2.34. The molecule has 1 saturated carbocycles. The van der Waals surface area contributed by atoms with Gasteiger partial charge in [-0.05, 0) is 39.9 Å². The molecule has 0 aromatic carbocycles. The molecule has 88 valence electrons. The quantitative estimate of drug-likeness (QED) is 0.752. The van der Waals surface area contributed by atoms with E-state index < -0.39 is 0 Å². The molecule has 2 aliphatic rings. The fourth-order valence-corrected chi connectivity index (χ4v) is 3.06. The summed E-state index contributed by atoms with van der Waals surface area (Å²) in [6.45, 7) is 3.57. The second-order valence-corrected chi connectivity index (χ2v) is 5.71. The Hall–Kier alpha value is -0.120. The van der Waals surface area contributed by atoms with Crippen molar-refractivity contribution in [1.29, 1.82) is 0 Å². The van der Waals surface area contributed by atoms with Crippen LogP contribution in [0.1, 0.15) is 32.1 Å². The summed E-state index contributed by atoms with van der Waals surface area (Å²) in [5, 5.41) is 0. The minimum atomic E-state index is 0.140. The molecule has 1 unspecified atom stereocenters. The van der Waals surface area contributed by atoms with Crippen molar-refractivity contribution < 1.29 is 0 Å². The first-order valence-electron chi connectivity index (χ1n) is 6.27. The lowest BCUT2D eigenvalue weighted by molar-refractivity contribution is 0.224.